The van der Waals surface area contributed by atoms with Crippen molar-refractivity contribution in [2.24, 2.45) is 10.2 Å². The maximum Gasteiger partial charge on any atom is 0.187 e. The van der Waals surface area contributed by atoms with Crippen LogP contribution in [-0.2, 0) is 6.42 Å². The van der Waals surface area contributed by atoms with Gasteiger partial charge in [-0.15, -0.1) is 10.2 Å². The number of hydrogen-bond acceptors (Lipinski definition) is 3. The van der Waals surface area contributed by atoms with Crippen LogP contribution >= 0.6 is 0 Å². The standard InChI is InChI=1S/C22H19FN4/c1-3-16-6-4-5-7-19(16)25-26-22-21(17-9-11-18(23)12-10-17)24-20-13-8-15(2)14-27(20)22/h4-14H,3H2,1-2H3. The van der Waals surface area contributed by atoms with Gasteiger partial charge in [-0.1, -0.05) is 31.2 Å². The predicted molar refractivity (Wildman–Crippen MR) is 105 cm³/mol. The predicted octanol–water partition coefficient (Wildman–Crippen LogP) is 6.43. The fourth-order valence-corrected chi connectivity index (χ4v) is 3.04. The first kappa shape index (κ1) is 17.1. The third-order valence-corrected chi connectivity index (χ3v) is 4.48. The van der Waals surface area contributed by atoms with Crippen LogP contribution in [0.3, 0.4) is 0 Å². The summed E-state index contributed by atoms with van der Waals surface area (Å²) < 4.78 is 15.3. The molecule has 0 spiro atoms. The molecule has 0 aliphatic carbocycles. The van der Waals surface area contributed by atoms with Crippen LogP contribution in [0.2, 0.25) is 0 Å². The van der Waals surface area contributed by atoms with Gasteiger partial charge in [0.1, 0.15) is 17.2 Å². The Morgan fingerprint density at radius 1 is 0.963 bits per heavy atom. The van der Waals surface area contributed by atoms with Gasteiger partial charge in [0, 0.05) is 11.8 Å². The first-order valence-electron chi connectivity index (χ1n) is 8.90. The van der Waals surface area contributed by atoms with Crippen molar-refractivity contribution in [3.63, 3.8) is 0 Å². The van der Waals surface area contributed by atoms with E-state index in [9.17, 15) is 4.39 Å². The van der Waals surface area contributed by atoms with E-state index in [0.29, 0.717) is 11.5 Å². The highest BCUT2D eigenvalue weighted by molar-refractivity contribution is 5.74. The molecule has 0 amide bonds. The normalized spacial score (nSPS) is 11.5. The average Bonchev–Trinajstić information content (AvgIpc) is 3.04. The molecule has 0 aliphatic rings. The molecule has 2 aromatic heterocycles. The van der Waals surface area contributed by atoms with Gasteiger partial charge in [0.2, 0.25) is 0 Å². The molecule has 4 rings (SSSR count). The van der Waals surface area contributed by atoms with Gasteiger partial charge in [-0.05, 0) is 60.9 Å². The summed E-state index contributed by atoms with van der Waals surface area (Å²) in [7, 11) is 0. The van der Waals surface area contributed by atoms with Crippen molar-refractivity contribution >= 4 is 17.2 Å². The minimum absolute atomic E-state index is 0.279. The second kappa shape index (κ2) is 7.11. The largest absolute Gasteiger partial charge is 0.282 e. The van der Waals surface area contributed by atoms with Crippen LogP contribution in [0.1, 0.15) is 18.1 Å². The van der Waals surface area contributed by atoms with Gasteiger partial charge >= 0.3 is 0 Å². The summed E-state index contributed by atoms with van der Waals surface area (Å²) in [6.07, 6.45) is 2.86. The number of aryl methyl sites for hydroxylation is 2. The molecular formula is C22H19FN4. The molecule has 2 aromatic carbocycles. The van der Waals surface area contributed by atoms with Crippen molar-refractivity contribution in [1.82, 2.24) is 9.38 Å². The molecule has 0 bridgehead atoms. The Labute approximate surface area is 157 Å². The van der Waals surface area contributed by atoms with E-state index in [0.717, 1.165) is 34.4 Å². The lowest BCUT2D eigenvalue weighted by atomic mass is 10.1. The van der Waals surface area contributed by atoms with Gasteiger partial charge in [0.25, 0.3) is 0 Å². The zero-order valence-corrected chi connectivity index (χ0v) is 15.2. The van der Waals surface area contributed by atoms with Gasteiger partial charge in [-0.2, -0.15) is 0 Å². The number of fused-ring (bicyclic) bond motifs is 1. The highest BCUT2D eigenvalue weighted by Crippen LogP contribution is 2.33. The molecule has 0 N–H and O–H groups in total. The van der Waals surface area contributed by atoms with Crippen LogP contribution in [0.25, 0.3) is 16.9 Å². The zero-order valence-electron chi connectivity index (χ0n) is 15.2. The van der Waals surface area contributed by atoms with Gasteiger partial charge in [0.15, 0.2) is 5.82 Å². The van der Waals surface area contributed by atoms with Gasteiger partial charge < -0.3 is 0 Å². The van der Waals surface area contributed by atoms with Crippen LogP contribution in [0.15, 0.2) is 77.1 Å². The van der Waals surface area contributed by atoms with Crippen LogP contribution in [0.4, 0.5) is 15.9 Å². The molecule has 0 unspecified atom stereocenters. The number of hydrogen-bond donors (Lipinski definition) is 0. The van der Waals surface area contributed by atoms with E-state index in [-0.39, 0.29) is 5.82 Å². The molecule has 4 nitrogen and oxygen atoms in total. The molecule has 0 atom stereocenters. The molecule has 4 aromatic rings. The Balaban J connectivity index is 1.89. The van der Waals surface area contributed by atoms with Crippen molar-refractivity contribution < 1.29 is 4.39 Å². The summed E-state index contributed by atoms with van der Waals surface area (Å²) in [5.74, 6) is 0.352. The Kier molecular flexibility index (Phi) is 4.50. The first-order chi connectivity index (χ1) is 13.2. The number of imidazole rings is 1. The zero-order chi connectivity index (χ0) is 18.8. The lowest BCUT2D eigenvalue weighted by Crippen LogP contribution is -1.85. The van der Waals surface area contributed by atoms with Crippen LogP contribution < -0.4 is 0 Å². The number of halogens is 1. The van der Waals surface area contributed by atoms with E-state index in [1.807, 2.05) is 53.9 Å². The van der Waals surface area contributed by atoms with E-state index in [2.05, 4.69) is 17.2 Å². The minimum Gasteiger partial charge on any atom is -0.282 e. The Hall–Kier alpha value is -3.34. The van der Waals surface area contributed by atoms with E-state index in [1.54, 1.807) is 12.1 Å². The van der Waals surface area contributed by atoms with E-state index in [1.165, 1.54) is 12.1 Å². The van der Waals surface area contributed by atoms with Crippen molar-refractivity contribution in [2.75, 3.05) is 0 Å². The Morgan fingerprint density at radius 3 is 2.52 bits per heavy atom. The molecule has 0 aliphatic heterocycles. The van der Waals surface area contributed by atoms with Crippen molar-refractivity contribution in [3.8, 4) is 11.3 Å². The van der Waals surface area contributed by atoms with Crippen molar-refractivity contribution in [2.45, 2.75) is 20.3 Å². The highest BCUT2D eigenvalue weighted by Gasteiger charge is 2.14. The summed E-state index contributed by atoms with van der Waals surface area (Å²) in [5, 5.41) is 9.04. The van der Waals surface area contributed by atoms with Gasteiger partial charge in [-0.25, -0.2) is 9.37 Å². The molecule has 0 saturated carbocycles. The molecule has 5 heteroatoms. The second-order valence-electron chi connectivity index (χ2n) is 6.41. The fourth-order valence-electron chi connectivity index (χ4n) is 3.04. The molecule has 0 saturated heterocycles. The minimum atomic E-state index is -0.279. The first-order valence-corrected chi connectivity index (χ1v) is 8.90. The lowest BCUT2D eigenvalue weighted by Gasteiger charge is -2.03. The van der Waals surface area contributed by atoms with E-state index in [4.69, 9.17) is 4.98 Å². The van der Waals surface area contributed by atoms with Gasteiger partial charge in [0.05, 0.1) is 5.69 Å². The topological polar surface area (TPSA) is 42.0 Å². The summed E-state index contributed by atoms with van der Waals surface area (Å²) >= 11 is 0. The SMILES string of the molecule is CCc1ccccc1N=Nc1c(-c2ccc(F)cc2)nc2ccc(C)cn12. The van der Waals surface area contributed by atoms with Gasteiger partial charge in [-0.3, -0.25) is 4.40 Å². The third kappa shape index (κ3) is 3.36. The highest BCUT2D eigenvalue weighted by atomic mass is 19.1. The van der Waals surface area contributed by atoms with Crippen LogP contribution in [0, 0.1) is 12.7 Å². The molecule has 0 fully saturated rings. The number of nitrogens with zero attached hydrogens (tertiary/aromatic N) is 4. The molecular weight excluding hydrogens is 339 g/mol. The average molecular weight is 358 g/mol. The second-order valence-corrected chi connectivity index (χ2v) is 6.41. The molecule has 2 heterocycles. The summed E-state index contributed by atoms with van der Waals surface area (Å²) in [6, 6.07) is 18.2. The van der Waals surface area contributed by atoms with E-state index < -0.39 is 0 Å². The third-order valence-electron chi connectivity index (χ3n) is 4.48. The Morgan fingerprint density at radius 2 is 1.74 bits per heavy atom. The Bertz CT molecular complexity index is 1130. The fraction of sp³-hybridized carbons (Fsp3) is 0.136. The summed E-state index contributed by atoms with van der Waals surface area (Å²) in [4.78, 5) is 4.70. The molecule has 27 heavy (non-hydrogen) atoms. The van der Waals surface area contributed by atoms with Crippen LogP contribution in [-0.4, -0.2) is 9.38 Å². The molecule has 0 radical (unpaired) electrons. The number of azo groups is 1. The number of aromatic nitrogens is 2. The van der Waals surface area contributed by atoms with E-state index >= 15 is 0 Å². The quantitative estimate of drug-likeness (QED) is 0.388. The van der Waals surface area contributed by atoms with Crippen molar-refractivity contribution in [3.05, 3.63) is 83.8 Å². The maximum absolute atomic E-state index is 13.3. The van der Waals surface area contributed by atoms with Crippen molar-refractivity contribution in [1.29, 1.82) is 0 Å². The number of rotatable bonds is 4. The van der Waals surface area contributed by atoms with Crippen LogP contribution in [0.5, 0.6) is 0 Å². The lowest BCUT2D eigenvalue weighted by molar-refractivity contribution is 0.628. The summed E-state index contributed by atoms with van der Waals surface area (Å²) in [5.41, 5.74) is 5.32. The molecule has 134 valence electrons. The monoisotopic (exact) mass is 358 g/mol. The smallest absolute Gasteiger partial charge is 0.187 e. The summed E-state index contributed by atoms with van der Waals surface area (Å²) in [6.45, 7) is 4.11. The number of pyridine rings is 1. The maximum atomic E-state index is 13.3. The number of benzene rings is 2.